The van der Waals surface area contributed by atoms with Gasteiger partial charge in [-0.25, -0.2) is 8.78 Å². The third-order valence-corrected chi connectivity index (χ3v) is 6.41. The van der Waals surface area contributed by atoms with Crippen molar-refractivity contribution < 1.29 is 18.3 Å². The molecular formula is C25H26F2N2O2. The highest BCUT2D eigenvalue weighted by Gasteiger charge is 2.57. The fourth-order valence-corrected chi connectivity index (χ4v) is 4.79. The van der Waals surface area contributed by atoms with E-state index in [2.05, 4.69) is 12.5 Å². The predicted octanol–water partition coefficient (Wildman–Crippen LogP) is 4.48. The zero-order chi connectivity index (χ0) is 22.2. The van der Waals surface area contributed by atoms with Gasteiger partial charge in [0.25, 0.3) is 5.91 Å². The Labute approximate surface area is 181 Å². The number of carbonyl (C=O) groups is 1. The number of benzene rings is 1. The van der Waals surface area contributed by atoms with E-state index in [1.165, 1.54) is 19.1 Å². The molecule has 1 amide bonds. The van der Waals surface area contributed by atoms with Crippen molar-refractivity contribution in [2.45, 2.75) is 50.5 Å². The zero-order valence-electron chi connectivity index (χ0n) is 17.6. The van der Waals surface area contributed by atoms with Gasteiger partial charge in [0.15, 0.2) is 5.60 Å². The van der Waals surface area contributed by atoms with Crippen molar-refractivity contribution in [3.05, 3.63) is 65.8 Å². The summed E-state index contributed by atoms with van der Waals surface area (Å²) in [4.78, 5) is 17.1. The van der Waals surface area contributed by atoms with Crippen molar-refractivity contribution in [3.8, 4) is 12.3 Å². The maximum atomic E-state index is 14.5. The minimum absolute atomic E-state index is 0.0189. The molecule has 1 aromatic rings. The van der Waals surface area contributed by atoms with Crippen molar-refractivity contribution in [1.29, 1.82) is 0 Å². The van der Waals surface area contributed by atoms with Crippen LogP contribution in [0.1, 0.15) is 38.2 Å². The molecule has 0 aliphatic carbocycles. The molecule has 0 radical (unpaired) electrons. The lowest BCUT2D eigenvalue weighted by molar-refractivity contribution is -0.140. The summed E-state index contributed by atoms with van der Waals surface area (Å²) < 4.78 is 33.7. The fraction of sp³-hybridized carbons (Fsp3) is 0.400. The lowest BCUT2D eigenvalue weighted by Crippen LogP contribution is -2.51. The lowest BCUT2D eigenvalue weighted by atomic mass is 9.89. The van der Waals surface area contributed by atoms with Gasteiger partial charge in [-0.3, -0.25) is 4.79 Å². The molecule has 3 aliphatic rings. The number of rotatable bonds is 4. The summed E-state index contributed by atoms with van der Waals surface area (Å²) in [7, 11) is 0. The van der Waals surface area contributed by atoms with Crippen LogP contribution in [0.25, 0.3) is 0 Å². The average Bonchev–Trinajstić information content (AvgIpc) is 3.27. The minimum atomic E-state index is -0.867. The normalized spacial score (nSPS) is 25.4. The number of carbonyl (C=O) groups excluding carboxylic acids is 1. The Hall–Kier alpha value is -2.91. The van der Waals surface area contributed by atoms with Crippen molar-refractivity contribution in [2.24, 2.45) is 0 Å². The van der Waals surface area contributed by atoms with E-state index in [1.54, 1.807) is 29.2 Å². The number of hydrogen-bond acceptors (Lipinski definition) is 3. The standard InChI is InChI=1S/C25H26F2N2O2/c1-4-19-8-9-22(20(27)16-19)28-14-12-25(13-15-28)24(30)29-21(10-11-23(29)31-25)17(2)6-5-7-18(3)26/h1,5-9,16,21,23H,2,10-15H2,3H3/b6-5-,18-7+/t21-,23+/m0/s1. The molecule has 6 heteroatoms. The van der Waals surface area contributed by atoms with E-state index in [-0.39, 0.29) is 29.8 Å². The number of piperidine rings is 1. The SMILES string of the molecule is C#Cc1ccc(N2CCC3(CC2)O[C@@H]2CC[C@@H](C(=C)/C=C\C=C(/C)F)N2C3=O)c(F)c1. The second-order valence-corrected chi connectivity index (χ2v) is 8.36. The molecule has 3 aliphatic heterocycles. The first-order valence-electron chi connectivity index (χ1n) is 10.6. The summed E-state index contributed by atoms with van der Waals surface area (Å²) in [5.41, 5.74) is 0.894. The number of ether oxygens (including phenoxy) is 1. The first kappa shape index (κ1) is 21.3. The number of nitrogens with zero attached hydrogens (tertiary/aromatic N) is 2. The number of anilines is 1. The molecular weight excluding hydrogens is 398 g/mol. The Morgan fingerprint density at radius 3 is 2.74 bits per heavy atom. The predicted molar refractivity (Wildman–Crippen MR) is 116 cm³/mol. The average molecular weight is 424 g/mol. The molecule has 31 heavy (non-hydrogen) atoms. The second-order valence-electron chi connectivity index (χ2n) is 8.36. The van der Waals surface area contributed by atoms with E-state index >= 15 is 0 Å². The molecule has 3 saturated heterocycles. The zero-order valence-corrected chi connectivity index (χ0v) is 17.6. The first-order chi connectivity index (χ1) is 14.8. The quantitative estimate of drug-likeness (QED) is 0.528. The molecule has 0 aromatic heterocycles. The molecule has 3 fully saturated rings. The second kappa shape index (κ2) is 8.32. The molecule has 2 atom stereocenters. The van der Waals surface area contributed by atoms with Gasteiger partial charge in [0, 0.05) is 31.5 Å². The molecule has 4 rings (SSSR count). The Morgan fingerprint density at radius 2 is 2.10 bits per heavy atom. The Balaban J connectivity index is 1.45. The summed E-state index contributed by atoms with van der Waals surface area (Å²) in [6, 6.07) is 4.63. The molecule has 0 unspecified atom stereocenters. The molecule has 1 aromatic carbocycles. The van der Waals surface area contributed by atoms with Crippen LogP contribution < -0.4 is 4.90 Å². The molecule has 0 N–H and O–H groups in total. The van der Waals surface area contributed by atoms with Crippen LogP contribution in [0, 0.1) is 18.2 Å². The topological polar surface area (TPSA) is 32.8 Å². The number of halogens is 2. The lowest BCUT2D eigenvalue weighted by Gasteiger charge is -2.38. The van der Waals surface area contributed by atoms with Gasteiger partial charge >= 0.3 is 0 Å². The maximum Gasteiger partial charge on any atom is 0.257 e. The third kappa shape index (κ3) is 3.90. The van der Waals surface area contributed by atoms with E-state index in [4.69, 9.17) is 11.2 Å². The van der Waals surface area contributed by atoms with Gasteiger partial charge in [-0.15, -0.1) is 6.42 Å². The van der Waals surface area contributed by atoms with Gasteiger partial charge in [-0.2, -0.15) is 0 Å². The fourth-order valence-electron chi connectivity index (χ4n) is 4.79. The Bertz CT molecular complexity index is 995. The first-order valence-corrected chi connectivity index (χ1v) is 10.6. The van der Waals surface area contributed by atoms with Gasteiger partial charge in [0.1, 0.15) is 12.0 Å². The summed E-state index contributed by atoms with van der Waals surface area (Å²) in [6.45, 7) is 6.50. The number of allylic oxidation sites excluding steroid dienone is 3. The number of amides is 1. The van der Waals surface area contributed by atoms with Crippen LogP contribution in [0.3, 0.4) is 0 Å². The highest BCUT2D eigenvalue weighted by molar-refractivity contribution is 5.88. The highest BCUT2D eigenvalue weighted by atomic mass is 19.1. The van der Waals surface area contributed by atoms with Gasteiger partial charge in [0.2, 0.25) is 0 Å². The number of hydrogen-bond donors (Lipinski definition) is 0. The van der Waals surface area contributed by atoms with Crippen LogP contribution in [-0.4, -0.2) is 41.8 Å². The van der Waals surface area contributed by atoms with E-state index < -0.39 is 5.60 Å². The Morgan fingerprint density at radius 1 is 1.35 bits per heavy atom. The van der Waals surface area contributed by atoms with Crippen molar-refractivity contribution in [3.63, 3.8) is 0 Å². The van der Waals surface area contributed by atoms with E-state index in [0.717, 1.165) is 18.4 Å². The molecule has 162 valence electrons. The van der Waals surface area contributed by atoms with Crippen LogP contribution in [0.15, 0.2) is 54.4 Å². The number of fused-ring (bicyclic) bond motifs is 1. The largest absolute Gasteiger partial charge is 0.369 e. The Kier molecular flexibility index (Phi) is 5.72. The van der Waals surface area contributed by atoms with Crippen LogP contribution in [-0.2, 0) is 9.53 Å². The van der Waals surface area contributed by atoms with E-state index in [1.807, 2.05) is 4.90 Å². The van der Waals surface area contributed by atoms with Crippen LogP contribution in [0.2, 0.25) is 0 Å². The van der Waals surface area contributed by atoms with Crippen LogP contribution in [0.5, 0.6) is 0 Å². The third-order valence-electron chi connectivity index (χ3n) is 6.41. The minimum Gasteiger partial charge on any atom is -0.369 e. The molecule has 0 saturated carbocycles. The highest BCUT2D eigenvalue weighted by Crippen LogP contribution is 2.44. The van der Waals surface area contributed by atoms with Crippen molar-refractivity contribution >= 4 is 11.6 Å². The van der Waals surface area contributed by atoms with Crippen molar-refractivity contribution in [2.75, 3.05) is 18.0 Å². The van der Waals surface area contributed by atoms with Gasteiger partial charge in [-0.05, 0) is 49.6 Å². The van der Waals surface area contributed by atoms with Crippen molar-refractivity contribution in [1.82, 2.24) is 4.90 Å². The monoisotopic (exact) mass is 424 g/mol. The van der Waals surface area contributed by atoms with Gasteiger partial charge in [0.05, 0.1) is 17.6 Å². The summed E-state index contributed by atoms with van der Waals surface area (Å²) in [5.74, 6) is 1.77. The molecule has 0 bridgehead atoms. The maximum absolute atomic E-state index is 14.5. The summed E-state index contributed by atoms with van der Waals surface area (Å²) in [5, 5.41) is 0. The summed E-state index contributed by atoms with van der Waals surface area (Å²) >= 11 is 0. The molecule has 3 heterocycles. The summed E-state index contributed by atoms with van der Waals surface area (Å²) in [6.07, 6.45) is 12.3. The molecule has 1 spiro atoms. The van der Waals surface area contributed by atoms with Crippen LogP contribution in [0.4, 0.5) is 14.5 Å². The van der Waals surface area contributed by atoms with Crippen LogP contribution >= 0.6 is 0 Å². The van der Waals surface area contributed by atoms with Gasteiger partial charge < -0.3 is 14.5 Å². The number of terminal acetylenes is 1. The van der Waals surface area contributed by atoms with E-state index in [0.29, 0.717) is 37.2 Å². The smallest absolute Gasteiger partial charge is 0.257 e. The molecule has 4 nitrogen and oxygen atoms in total. The van der Waals surface area contributed by atoms with E-state index in [9.17, 15) is 13.6 Å². The van der Waals surface area contributed by atoms with Gasteiger partial charge in [-0.1, -0.05) is 24.7 Å².